The van der Waals surface area contributed by atoms with E-state index in [2.05, 4.69) is 0 Å². The van der Waals surface area contributed by atoms with Gasteiger partial charge in [0.25, 0.3) is 0 Å². The van der Waals surface area contributed by atoms with Crippen molar-refractivity contribution >= 4 is 11.8 Å². The Bertz CT molecular complexity index is 436. The standard InChI is InChI=1S/C12H12O3/c1-12(11(14)15)6-8-4-2-3-5-9(8)10(13)7-12/h2-5H,6-7H2,1H3,(H,14,15). The highest BCUT2D eigenvalue weighted by atomic mass is 16.4. The first-order valence-corrected chi connectivity index (χ1v) is 4.87. The van der Waals surface area contributed by atoms with Crippen LogP contribution in [0.5, 0.6) is 0 Å². The number of hydrogen-bond acceptors (Lipinski definition) is 2. The number of Topliss-reactive ketones (excluding diaryl/α,β-unsaturated/α-hetero) is 1. The minimum Gasteiger partial charge on any atom is -0.481 e. The lowest BCUT2D eigenvalue weighted by Crippen LogP contribution is -2.36. The maximum absolute atomic E-state index is 11.7. The molecule has 3 nitrogen and oxygen atoms in total. The molecular weight excluding hydrogens is 192 g/mol. The Morgan fingerprint density at radius 3 is 2.67 bits per heavy atom. The maximum atomic E-state index is 11.7. The highest BCUT2D eigenvalue weighted by Gasteiger charge is 2.40. The van der Waals surface area contributed by atoms with Gasteiger partial charge in [0.2, 0.25) is 0 Å². The minimum absolute atomic E-state index is 0.0678. The molecule has 0 aliphatic heterocycles. The van der Waals surface area contributed by atoms with Crippen molar-refractivity contribution < 1.29 is 14.7 Å². The van der Waals surface area contributed by atoms with Crippen molar-refractivity contribution in [3.05, 3.63) is 35.4 Å². The molecule has 1 aromatic rings. The van der Waals surface area contributed by atoms with Gasteiger partial charge in [0, 0.05) is 12.0 Å². The van der Waals surface area contributed by atoms with Crippen LogP contribution in [0.1, 0.15) is 29.3 Å². The largest absolute Gasteiger partial charge is 0.481 e. The Morgan fingerprint density at radius 1 is 1.33 bits per heavy atom. The van der Waals surface area contributed by atoms with Crippen molar-refractivity contribution in [2.75, 3.05) is 0 Å². The molecule has 78 valence electrons. The molecule has 0 fully saturated rings. The van der Waals surface area contributed by atoms with Crippen molar-refractivity contribution in [1.29, 1.82) is 0 Å². The average Bonchev–Trinajstić information content (AvgIpc) is 2.17. The van der Waals surface area contributed by atoms with E-state index in [9.17, 15) is 9.59 Å². The Morgan fingerprint density at radius 2 is 2.00 bits per heavy atom. The third-order valence-electron chi connectivity index (χ3n) is 2.97. The van der Waals surface area contributed by atoms with Gasteiger partial charge in [-0.2, -0.15) is 0 Å². The molecule has 0 bridgehead atoms. The highest BCUT2D eigenvalue weighted by molar-refractivity contribution is 6.01. The lowest BCUT2D eigenvalue weighted by molar-refractivity contribution is -0.147. The molecule has 0 heterocycles. The molecule has 1 atom stereocenters. The van der Waals surface area contributed by atoms with Gasteiger partial charge in [-0.05, 0) is 18.9 Å². The number of carboxylic acids is 1. The lowest BCUT2D eigenvalue weighted by Gasteiger charge is -2.29. The van der Waals surface area contributed by atoms with Crippen molar-refractivity contribution in [2.24, 2.45) is 5.41 Å². The van der Waals surface area contributed by atoms with E-state index in [0.717, 1.165) is 5.56 Å². The molecular formula is C12H12O3. The van der Waals surface area contributed by atoms with Gasteiger partial charge in [0.05, 0.1) is 5.41 Å². The smallest absolute Gasteiger partial charge is 0.310 e. The predicted octanol–water partition coefficient (Wildman–Crippen LogP) is 1.91. The van der Waals surface area contributed by atoms with Crippen molar-refractivity contribution in [1.82, 2.24) is 0 Å². The molecule has 0 amide bonds. The fourth-order valence-electron chi connectivity index (χ4n) is 2.03. The van der Waals surface area contributed by atoms with Gasteiger partial charge >= 0.3 is 5.97 Å². The molecule has 1 aromatic carbocycles. The fraction of sp³-hybridized carbons (Fsp3) is 0.333. The molecule has 2 rings (SSSR count). The third kappa shape index (κ3) is 1.54. The summed E-state index contributed by atoms with van der Waals surface area (Å²) in [5.41, 5.74) is 0.584. The van der Waals surface area contributed by atoms with E-state index in [4.69, 9.17) is 5.11 Å². The SMILES string of the molecule is CC1(C(=O)O)CC(=O)c2ccccc2C1. The number of carbonyl (C=O) groups is 2. The number of hydrogen-bond donors (Lipinski definition) is 1. The van der Waals surface area contributed by atoms with Crippen LogP contribution < -0.4 is 0 Å². The van der Waals surface area contributed by atoms with Gasteiger partial charge in [-0.25, -0.2) is 0 Å². The van der Waals surface area contributed by atoms with E-state index in [0.29, 0.717) is 12.0 Å². The van der Waals surface area contributed by atoms with Crippen LogP contribution in [-0.4, -0.2) is 16.9 Å². The second-order valence-corrected chi connectivity index (χ2v) is 4.30. The Labute approximate surface area is 87.7 Å². The van der Waals surface area contributed by atoms with Crippen LogP contribution in [0.2, 0.25) is 0 Å². The van der Waals surface area contributed by atoms with E-state index in [1.807, 2.05) is 12.1 Å². The van der Waals surface area contributed by atoms with Crippen LogP contribution in [0.3, 0.4) is 0 Å². The lowest BCUT2D eigenvalue weighted by atomic mass is 9.72. The van der Waals surface area contributed by atoms with Gasteiger partial charge in [0.15, 0.2) is 5.78 Å². The second-order valence-electron chi connectivity index (χ2n) is 4.30. The van der Waals surface area contributed by atoms with Crippen molar-refractivity contribution in [3.8, 4) is 0 Å². The molecule has 0 saturated heterocycles. The molecule has 1 aliphatic carbocycles. The summed E-state index contributed by atoms with van der Waals surface area (Å²) in [6.45, 7) is 1.63. The predicted molar refractivity (Wildman–Crippen MR) is 54.8 cm³/mol. The molecule has 0 radical (unpaired) electrons. The zero-order valence-corrected chi connectivity index (χ0v) is 8.49. The van der Waals surface area contributed by atoms with Crippen LogP contribution in [0.4, 0.5) is 0 Å². The number of carboxylic acid groups (broad SMARTS) is 1. The van der Waals surface area contributed by atoms with E-state index in [1.165, 1.54) is 0 Å². The van der Waals surface area contributed by atoms with Crippen LogP contribution in [0.25, 0.3) is 0 Å². The number of fused-ring (bicyclic) bond motifs is 1. The summed E-state index contributed by atoms with van der Waals surface area (Å²) in [7, 11) is 0. The Kier molecular flexibility index (Phi) is 2.11. The normalized spacial score (nSPS) is 24.7. The van der Waals surface area contributed by atoms with Gasteiger partial charge in [-0.3, -0.25) is 9.59 Å². The fourth-order valence-corrected chi connectivity index (χ4v) is 2.03. The van der Waals surface area contributed by atoms with Crippen LogP contribution in [0.15, 0.2) is 24.3 Å². The number of carbonyl (C=O) groups excluding carboxylic acids is 1. The zero-order chi connectivity index (χ0) is 11.1. The van der Waals surface area contributed by atoms with E-state index in [1.54, 1.807) is 19.1 Å². The van der Waals surface area contributed by atoms with Crippen molar-refractivity contribution in [3.63, 3.8) is 0 Å². The summed E-state index contributed by atoms with van der Waals surface area (Å²) in [5.74, 6) is -0.966. The summed E-state index contributed by atoms with van der Waals surface area (Å²) in [6, 6.07) is 7.23. The quantitative estimate of drug-likeness (QED) is 0.760. The molecule has 1 aliphatic rings. The number of aliphatic carboxylic acids is 1. The van der Waals surface area contributed by atoms with Crippen LogP contribution in [-0.2, 0) is 11.2 Å². The summed E-state index contributed by atoms with van der Waals surface area (Å²) >= 11 is 0. The molecule has 15 heavy (non-hydrogen) atoms. The first-order valence-electron chi connectivity index (χ1n) is 4.87. The van der Waals surface area contributed by atoms with E-state index < -0.39 is 11.4 Å². The summed E-state index contributed by atoms with van der Waals surface area (Å²) in [4.78, 5) is 22.8. The third-order valence-corrected chi connectivity index (χ3v) is 2.97. The molecule has 0 saturated carbocycles. The summed E-state index contributed by atoms with van der Waals surface area (Å²) in [6.07, 6.45) is 0.531. The molecule has 0 aromatic heterocycles. The highest BCUT2D eigenvalue weighted by Crippen LogP contribution is 2.35. The molecule has 1 unspecified atom stereocenters. The van der Waals surface area contributed by atoms with Gasteiger partial charge in [-0.1, -0.05) is 24.3 Å². The van der Waals surface area contributed by atoms with Crippen molar-refractivity contribution in [2.45, 2.75) is 19.8 Å². The number of rotatable bonds is 1. The van der Waals surface area contributed by atoms with Gasteiger partial charge in [-0.15, -0.1) is 0 Å². The summed E-state index contributed by atoms with van der Waals surface area (Å²) < 4.78 is 0. The average molecular weight is 204 g/mol. The monoisotopic (exact) mass is 204 g/mol. The Hall–Kier alpha value is -1.64. The van der Waals surface area contributed by atoms with Gasteiger partial charge < -0.3 is 5.11 Å². The summed E-state index contributed by atoms with van der Waals surface area (Å²) in [5, 5.41) is 9.09. The minimum atomic E-state index is -0.939. The topological polar surface area (TPSA) is 54.4 Å². The molecule has 0 spiro atoms. The number of ketones is 1. The molecule has 1 N–H and O–H groups in total. The van der Waals surface area contributed by atoms with Crippen LogP contribution in [0, 0.1) is 5.41 Å². The first kappa shape index (κ1) is 9.90. The first-order chi connectivity index (χ1) is 7.03. The van der Waals surface area contributed by atoms with Gasteiger partial charge in [0.1, 0.15) is 0 Å². The molecule has 3 heteroatoms. The van der Waals surface area contributed by atoms with E-state index >= 15 is 0 Å². The number of benzene rings is 1. The zero-order valence-electron chi connectivity index (χ0n) is 8.49. The maximum Gasteiger partial charge on any atom is 0.310 e. The van der Waals surface area contributed by atoms with Crippen LogP contribution >= 0.6 is 0 Å². The van der Waals surface area contributed by atoms with E-state index in [-0.39, 0.29) is 12.2 Å². The Balaban J connectivity index is 2.47. The second kappa shape index (κ2) is 3.19.